The average molecular weight is 531 g/mol. The Labute approximate surface area is 224 Å². The number of nitrogens with zero attached hydrogens (tertiary/aromatic N) is 1. The van der Waals surface area contributed by atoms with Crippen molar-refractivity contribution in [1.82, 2.24) is 10.2 Å². The van der Waals surface area contributed by atoms with E-state index < -0.39 is 29.8 Å². The van der Waals surface area contributed by atoms with E-state index in [-0.39, 0.29) is 23.1 Å². The molecule has 3 aliphatic rings. The number of amides is 1. The lowest BCUT2D eigenvalue weighted by Crippen LogP contribution is -2.63. The van der Waals surface area contributed by atoms with Crippen molar-refractivity contribution >= 4 is 23.1 Å². The van der Waals surface area contributed by atoms with Crippen LogP contribution in [0.3, 0.4) is 0 Å². The number of alkyl halides is 1. The molecule has 0 spiro atoms. The normalized spacial score (nSPS) is 27.6. The fraction of sp³-hybridized carbons (Fsp3) is 0.586. The second-order valence-electron chi connectivity index (χ2n) is 10.8. The molecule has 4 unspecified atom stereocenters. The van der Waals surface area contributed by atoms with Crippen LogP contribution < -0.4 is 10.1 Å². The van der Waals surface area contributed by atoms with Crippen molar-refractivity contribution in [2.45, 2.75) is 82.2 Å². The molecular weight excluding hydrogens is 491 g/mol. The minimum absolute atomic E-state index is 0.00243. The smallest absolute Gasteiger partial charge is 0.266 e. The number of aliphatic hydroxyl groups is 1. The van der Waals surface area contributed by atoms with Gasteiger partial charge in [-0.05, 0) is 94.1 Å². The number of aryl methyl sites for hydroxylation is 1. The van der Waals surface area contributed by atoms with Crippen molar-refractivity contribution in [3.8, 4) is 11.5 Å². The van der Waals surface area contributed by atoms with Crippen LogP contribution in [0.15, 0.2) is 37.4 Å². The van der Waals surface area contributed by atoms with Gasteiger partial charge < -0.3 is 20.3 Å². The number of carbonyl (C=O) groups is 1. The maximum atomic E-state index is 14.7. The monoisotopic (exact) mass is 530 g/mol. The summed E-state index contributed by atoms with van der Waals surface area (Å²) in [5.74, 6) is -0.0894. The largest absolute Gasteiger partial charge is 0.504 e. The van der Waals surface area contributed by atoms with Crippen LogP contribution in [0.5, 0.6) is 11.5 Å². The van der Waals surface area contributed by atoms with E-state index in [0.29, 0.717) is 44.4 Å². The maximum Gasteiger partial charge on any atom is 0.266 e. The Morgan fingerprint density at radius 3 is 2.78 bits per heavy atom. The highest BCUT2D eigenvalue weighted by atomic mass is 32.1. The number of phenols is 1. The molecule has 3 N–H and O–H groups in total. The topological polar surface area (TPSA) is 82.0 Å². The Hall–Kier alpha value is -2.29. The van der Waals surface area contributed by atoms with E-state index in [0.717, 1.165) is 29.7 Å². The van der Waals surface area contributed by atoms with Gasteiger partial charge in [0.05, 0.1) is 16.6 Å². The van der Waals surface area contributed by atoms with Gasteiger partial charge in [0, 0.05) is 12.3 Å². The van der Waals surface area contributed by atoms with Crippen molar-refractivity contribution in [3.63, 3.8) is 0 Å². The van der Waals surface area contributed by atoms with Crippen molar-refractivity contribution in [1.29, 1.82) is 0 Å². The van der Waals surface area contributed by atoms with Crippen molar-refractivity contribution < 1.29 is 24.1 Å². The summed E-state index contributed by atoms with van der Waals surface area (Å²) >= 11 is 5.60. The summed E-state index contributed by atoms with van der Waals surface area (Å²) in [7, 11) is 0. The number of hydrogen-bond acceptors (Lipinski definition) is 6. The van der Waals surface area contributed by atoms with E-state index in [9.17, 15) is 19.4 Å². The molecule has 2 aliphatic carbocycles. The number of fused-ring (bicyclic) bond motifs is 4. The first kappa shape index (κ1) is 27.7. The Kier molecular flexibility index (Phi) is 8.71. The Morgan fingerprint density at radius 2 is 2.11 bits per heavy atom. The van der Waals surface area contributed by atoms with Crippen molar-refractivity contribution in [2.75, 3.05) is 13.1 Å². The minimum atomic E-state index is -1.92. The molecule has 4 rings (SSSR count). The number of carbonyl (C=O) groups excluding carboxylic acids is 1. The highest BCUT2D eigenvalue weighted by molar-refractivity contribution is 7.80. The summed E-state index contributed by atoms with van der Waals surface area (Å²) in [6.07, 6.45) is 5.24. The second-order valence-corrected chi connectivity index (χ2v) is 11.2. The lowest BCUT2D eigenvalue weighted by Gasteiger charge is -2.50. The van der Waals surface area contributed by atoms with Crippen LogP contribution in [0, 0.1) is 18.8 Å². The zero-order valence-electron chi connectivity index (χ0n) is 21.6. The standard InChI is InChI=1S/C29H39FN2O4S/c1-4-6-25(37)32(28(34)22(30)5-2)23-12-15-29(35)14-11-20-9-10-24(33)26(18(20)3)36-27(23)21(29)13-16-31-17-19-7-8-19/h4-5,9-10,19,21-23,27,31,33,35H,1-2,6-8,11-17H2,3H3/t21?,22?,23?,27-,29?/m1/s1. The number of halogens is 1. The molecule has 6 nitrogen and oxygen atoms in total. The summed E-state index contributed by atoms with van der Waals surface area (Å²) in [5.41, 5.74) is 0.766. The summed E-state index contributed by atoms with van der Waals surface area (Å²) in [5, 5.41) is 26.3. The van der Waals surface area contributed by atoms with Gasteiger partial charge in [0.15, 0.2) is 17.7 Å². The number of ether oxygens (including phenoxy) is 1. The molecule has 4 bridgehead atoms. The summed E-state index contributed by atoms with van der Waals surface area (Å²) in [4.78, 5) is 14.9. The lowest BCUT2D eigenvalue weighted by atomic mass is 9.67. The molecule has 2 fully saturated rings. The van der Waals surface area contributed by atoms with Crippen LogP contribution in [-0.4, -0.2) is 63.0 Å². The predicted molar refractivity (Wildman–Crippen MR) is 147 cm³/mol. The fourth-order valence-corrected chi connectivity index (χ4v) is 6.28. The lowest BCUT2D eigenvalue weighted by molar-refractivity contribution is -0.147. The molecule has 0 saturated heterocycles. The molecule has 1 aromatic rings. The molecule has 5 atom stereocenters. The van der Waals surface area contributed by atoms with Gasteiger partial charge in [-0.3, -0.25) is 9.69 Å². The quantitative estimate of drug-likeness (QED) is 0.234. The van der Waals surface area contributed by atoms with Crippen LogP contribution in [0.1, 0.15) is 56.1 Å². The third-order valence-electron chi connectivity index (χ3n) is 8.28. The Bertz CT molecular complexity index is 1040. The number of phenolic OH excluding ortho intramolecular Hbond substituents is 1. The number of nitrogens with one attached hydrogen (secondary N) is 1. The third kappa shape index (κ3) is 5.91. The third-order valence-corrected chi connectivity index (χ3v) is 8.64. The van der Waals surface area contributed by atoms with Gasteiger partial charge in [-0.1, -0.05) is 30.9 Å². The molecule has 1 aromatic carbocycles. The van der Waals surface area contributed by atoms with Gasteiger partial charge in [-0.25, -0.2) is 4.39 Å². The van der Waals surface area contributed by atoms with E-state index in [1.807, 2.05) is 13.0 Å². The molecule has 0 aromatic heterocycles. The van der Waals surface area contributed by atoms with Crippen LogP contribution >= 0.6 is 12.2 Å². The molecule has 1 heterocycles. The molecule has 1 amide bonds. The average Bonchev–Trinajstić information content (AvgIpc) is 3.70. The molecule has 0 radical (unpaired) electrons. The molecule has 8 heteroatoms. The summed E-state index contributed by atoms with van der Waals surface area (Å²) in [6.45, 7) is 10.7. The first-order valence-electron chi connectivity index (χ1n) is 13.3. The van der Waals surface area contributed by atoms with Gasteiger partial charge in [0.2, 0.25) is 0 Å². The first-order chi connectivity index (χ1) is 17.7. The van der Waals surface area contributed by atoms with E-state index in [1.54, 1.807) is 12.1 Å². The van der Waals surface area contributed by atoms with E-state index in [2.05, 4.69) is 18.5 Å². The highest BCUT2D eigenvalue weighted by Gasteiger charge is 2.53. The van der Waals surface area contributed by atoms with Crippen LogP contribution in [0.4, 0.5) is 4.39 Å². The Balaban J connectivity index is 1.75. The molecule has 37 heavy (non-hydrogen) atoms. The van der Waals surface area contributed by atoms with Gasteiger partial charge in [0.25, 0.3) is 5.91 Å². The van der Waals surface area contributed by atoms with Gasteiger partial charge >= 0.3 is 0 Å². The zero-order chi connectivity index (χ0) is 26.7. The SMILES string of the molecule is C=CCC(=S)N(C(=O)C(F)C=C)C1CCC2(O)CCc3ccc(O)c(c3C)O[C@@H]1C2CCNCC1CC1. The first-order valence-corrected chi connectivity index (χ1v) is 13.8. The second kappa shape index (κ2) is 11.6. The molecule has 1 aliphatic heterocycles. The van der Waals surface area contributed by atoms with Crippen LogP contribution in [-0.2, 0) is 11.2 Å². The van der Waals surface area contributed by atoms with Crippen molar-refractivity contribution in [3.05, 3.63) is 48.6 Å². The number of hydrogen-bond donors (Lipinski definition) is 3. The van der Waals surface area contributed by atoms with Gasteiger partial charge in [0.1, 0.15) is 6.10 Å². The summed E-state index contributed by atoms with van der Waals surface area (Å²) < 4.78 is 21.3. The fourth-order valence-electron chi connectivity index (χ4n) is 5.94. The van der Waals surface area contributed by atoms with E-state index in [1.165, 1.54) is 17.7 Å². The van der Waals surface area contributed by atoms with Crippen LogP contribution in [0.25, 0.3) is 0 Å². The van der Waals surface area contributed by atoms with Crippen molar-refractivity contribution in [2.24, 2.45) is 11.8 Å². The van der Waals surface area contributed by atoms with E-state index >= 15 is 0 Å². The number of rotatable bonds is 10. The molecule has 2 saturated carbocycles. The van der Waals surface area contributed by atoms with Gasteiger partial charge in [-0.15, -0.1) is 6.58 Å². The maximum absolute atomic E-state index is 14.7. The van der Waals surface area contributed by atoms with Crippen LogP contribution in [0.2, 0.25) is 0 Å². The molecule has 202 valence electrons. The zero-order valence-corrected chi connectivity index (χ0v) is 22.4. The van der Waals surface area contributed by atoms with E-state index in [4.69, 9.17) is 17.0 Å². The Morgan fingerprint density at radius 1 is 1.35 bits per heavy atom. The number of thiocarbonyl (C=S) groups is 1. The predicted octanol–water partition coefficient (Wildman–Crippen LogP) is 4.55. The molecular formula is C29H39FN2O4S. The highest BCUT2D eigenvalue weighted by Crippen LogP contribution is 2.47. The van der Waals surface area contributed by atoms with Gasteiger partial charge in [-0.2, -0.15) is 0 Å². The number of benzene rings is 1. The minimum Gasteiger partial charge on any atom is -0.504 e. The summed E-state index contributed by atoms with van der Waals surface area (Å²) in [6, 6.07) is 2.86. The number of aromatic hydroxyl groups is 1.